The smallest absolute Gasteiger partial charge is 0.270 e. The number of nitrogens with one attached hydrogen (secondary N) is 2. The minimum Gasteiger partial charge on any atom is -0.366 e. The number of carbonyl (C=O) groups excluding carboxylic acids is 1. The number of aromatic amines is 1. The van der Waals surface area contributed by atoms with Gasteiger partial charge in [-0.25, -0.2) is 0 Å². The van der Waals surface area contributed by atoms with Gasteiger partial charge in [0.2, 0.25) is 0 Å². The van der Waals surface area contributed by atoms with Crippen LogP contribution in [0.15, 0.2) is 60.8 Å². The first-order chi connectivity index (χ1) is 12.8. The number of amides is 1. The Morgan fingerprint density at radius 2 is 1.85 bits per heavy atom. The second-order valence-corrected chi connectivity index (χ2v) is 6.47. The van der Waals surface area contributed by atoms with Crippen LogP contribution in [0.1, 0.15) is 23.3 Å². The summed E-state index contributed by atoms with van der Waals surface area (Å²) in [6.07, 6.45) is 3.45. The normalized spacial score (nSPS) is 15.0. The van der Waals surface area contributed by atoms with Crippen LogP contribution in [0, 0.1) is 0 Å². The number of aromatic nitrogens is 3. The molecule has 0 saturated carbocycles. The molecule has 26 heavy (non-hydrogen) atoms. The average molecular weight is 347 g/mol. The molecule has 0 bridgehead atoms. The molecule has 4 rings (SSSR count). The van der Waals surface area contributed by atoms with Crippen molar-refractivity contribution in [3.63, 3.8) is 0 Å². The third kappa shape index (κ3) is 3.59. The third-order valence-corrected chi connectivity index (χ3v) is 4.71. The second-order valence-electron chi connectivity index (χ2n) is 6.47. The molecule has 3 heterocycles. The maximum Gasteiger partial charge on any atom is 0.270 e. The summed E-state index contributed by atoms with van der Waals surface area (Å²) in [6.45, 7) is 1.47. The first-order valence-electron chi connectivity index (χ1n) is 8.87. The molecule has 1 aliphatic rings. The quantitative estimate of drug-likeness (QED) is 0.760. The Balaban J connectivity index is 1.36. The third-order valence-electron chi connectivity index (χ3n) is 4.71. The molecule has 2 aromatic heterocycles. The first-order valence-corrected chi connectivity index (χ1v) is 8.87. The first kappa shape index (κ1) is 16.3. The molecule has 1 aromatic carbocycles. The molecule has 1 saturated heterocycles. The van der Waals surface area contributed by atoms with E-state index in [9.17, 15) is 4.79 Å². The zero-order chi connectivity index (χ0) is 17.8. The molecule has 1 aliphatic heterocycles. The van der Waals surface area contributed by atoms with Crippen molar-refractivity contribution in [3.8, 4) is 11.3 Å². The van der Waals surface area contributed by atoms with Crippen LogP contribution in [-0.4, -0.2) is 45.1 Å². The lowest BCUT2D eigenvalue weighted by Crippen LogP contribution is -2.42. The minimum atomic E-state index is 0.0603. The predicted molar refractivity (Wildman–Crippen MR) is 101 cm³/mol. The van der Waals surface area contributed by atoms with Crippen LogP contribution >= 0.6 is 0 Å². The molecule has 3 aromatic rings. The lowest BCUT2D eigenvalue weighted by molar-refractivity contribution is 0.0713. The summed E-state index contributed by atoms with van der Waals surface area (Å²) in [5, 5.41) is 11.3. The van der Waals surface area contributed by atoms with Gasteiger partial charge in [0.15, 0.2) is 0 Å². The van der Waals surface area contributed by atoms with Crippen molar-refractivity contribution in [1.29, 1.82) is 0 Å². The van der Waals surface area contributed by atoms with Crippen LogP contribution in [0.3, 0.4) is 0 Å². The highest BCUT2D eigenvalue weighted by Gasteiger charge is 2.24. The Morgan fingerprint density at radius 1 is 1.04 bits per heavy atom. The molecule has 132 valence electrons. The Kier molecular flexibility index (Phi) is 4.64. The van der Waals surface area contributed by atoms with Crippen LogP contribution in [0.25, 0.3) is 11.3 Å². The fraction of sp³-hybridized carbons (Fsp3) is 0.250. The minimum absolute atomic E-state index is 0.0603. The van der Waals surface area contributed by atoms with Crippen molar-refractivity contribution < 1.29 is 4.79 Å². The van der Waals surface area contributed by atoms with Crippen LogP contribution in [-0.2, 0) is 0 Å². The average Bonchev–Trinajstić information content (AvgIpc) is 3.20. The number of nitrogens with zero attached hydrogens (tertiary/aromatic N) is 3. The van der Waals surface area contributed by atoms with Gasteiger partial charge in [-0.3, -0.25) is 4.79 Å². The van der Waals surface area contributed by atoms with Crippen molar-refractivity contribution >= 4 is 11.7 Å². The standard InChI is InChI=1S/C20H21N5O/c26-20(18-9-8-17(23-18)15-5-2-1-3-6-15)25-13-10-16(11-14-25)22-19-7-4-12-21-24-19/h1-9,12,16,23H,10-11,13-14H2,(H,22,24). The van der Waals surface area contributed by atoms with E-state index >= 15 is 0 Å². The van der Waals surface area contributed by atoms with Gasteiger partial charge in [0.1, 0.15) is 11.5 Å². The van der Waals surface area contributed by atoms with E-state index in [2.05, 4.69) is 20.5 Å². The van der Waals surface area contributed by atoms with E-state index in [0.717, 1.165) is 43.0 Å². The van der Waals surface area contributed by atoms with Gasteiger partial charge in [0, 0.05) is 31.0 Å². The molecule has 0 radical (unpaired) electrons. The van der Waals surface area contributed by atoms with Gasteiger partial charge in [-0.15, -0.1) is 5.10 Å². The van der Waals surface area contributed by atoms with Crippen molar-refractivity contribution in [2.75, 3.05) is 18.4 Å². The molecule has 0 spiro atoms. The van der Waals surface area contributed by atoms with Crippen molar-refractivity contribution in [1.82, 2.24) is 20.1 Å². The summed E-state index contributed by atoms with van der Waals surface area (Å²) in [4.78, 5) is 17.9. The van der Waals surface area contributed by atoms with E-state index in [1.807, 2.05) is 59.5 Å². The fourth-order valence-corrected chi connectivity index (χ4v) is 3.29. The van der Waals surface area contributed by atoms with Gasteiger partial charge in [-0.2, -0.15) is 5.10 Å². The predicted octanol–water partition coefficient (Wildman–Crippen LogP) is 3.19. The highest BCUT2D eigenvalue weighted by molar-refractivity contribution is 5.93. The van der Waals surface area contributed by atoms with Gasteiger partial charge >= 0.3 is 0 Å². The summed E-state index contributed by atoms with van der Waals surface area (Å²) in [5.41, 5.74) is 2.69. The van der Waals surface area contributed by atoms with E-state index in [1.165, 1.54) is 0 Å². The summed E-state index contributed by atoms with van der Waals surface area (Å²) in [5.74, 6) is 0.847. The number of hydrogen-bond donors (Lipinski definition) is 2. The van der Waals surface area contributed by atoms with E-state index in [4.69, 9.17) is 0 Å². The van der Waals surface area contributed by atoms with E-state index in [0.29, 0.717) is 11.7 Å². The van der Waals surface area contributed by atoms with E-state index < -0.39 is 0 Å². The van der Waals surface area contributed by atoms with Gasteiger partial charge in [0.05, 0.1) is 0 Å². The number of carbonyl (C=O) groups is 1. The van der Waals surface area contributed by atoms with Gasteiger partial charge in [-0.1, -0.05) is 30.3 Å². The van der Waals surface area contributed by atoms with Crippen LogP contribution in [0.5, 0.6) is 0 Å². The van der Waals surface area contributed by atoms with Crippen molar-refractivity contribution in [2.45, 2.75) is 18.9 Å². The van der Waals surface area contributed by atoms with Crippen LogP contribution < -0.4 is 5.32 Å². The maximum atomic E-state index is 12.8. The SMILES string of the molecule is O=C(c1ccc(-c2ccccc2)[nH]1)N1CCC(Nc2cccnn2)CC1. The molecule has 1 fully saturated rings. The van der Waals surface area contributed by atoms with Crippen molar-refractivity contribution in [3.05, 3.63) is 66.5 Å². The molecule has 1 amide bonds. The lowest BCUT2D eigenvalue weighted by atomic mass is 10.0. The highest BCUT2D eigenvalue weighted by Crippen LogP contribution is 2.21. The Labute approximate surface area is 152 Å². The molecule has 6 nitrogen and oxygen atoms in total. The summed E-state index contributed by atoms with van der Waals surface area (Å²) >= 11 is 0. The number of piperidine rings is 1. The number of H-pyrrole nitrogens is 1. The molecular formula is C20H21N5O. The number of rotatable bonds is 4. The summed E-state index contributed by atoms with van der Waals surface area (Å²) < 4.78 is 0. The van der Waals surface area contributed by atoms with Gasteiger partial charge < -0.3 is 15.2 Å². The molecular weight excluding hydrogens is 326 g/mol. The maximum absolute atomic E-state index is 12.8. The zero-order valence-corrected chi connectivity index (χ0v) is 14.4. The fourth-order valence-electron chi connectivity index (χ4n) is 3.29. The zero-order valence-electron chi connectivity index (χ0n) is 14.4. The van der Waals surface area contributed by atoms with Crippen LogP contribution in [0.4, 0.5) is 5.82 Å². The largest absolute Gasteiger partial charge is 0.366 e. The topological polar surface area (TPSA) is 73.9 Å². The number of anilines is 1. The Morgan fingerprint density at radius 3 is 2.58 bits per heavy atom. The number of hydrogen-bond acceptors (Lipinski definition) is 4. The number of likely N-dealkylation sites (tertiary alicyclic amines) is 1. The van der Waals surface area contributed by atoms with Crippen LogP contribution in [0.2, 0.25) is 0 Å². The Bertz CT molecular complexity index is 854. The van der Waals surface area contributed by atoms with E-state index in [-0.39, 0.29) is 5.91 Å². The Hall–Kier alpha value is -3.15. The summed E-state index contributed by atoms with van der Waals surface area (Å²) in [6, 6.07) is 18.0. The molecule has 6 heteroatoms. The van der Waals surface area contributed by atoms with E-state index in [1.54, 1.807) is 6.20 Å². The molecule has 0 unspecified atom stereocenters. The summed E-state index contributed by atoms with van der Waals surface area (Å²) in [7, 11) is 0. The monoisotopic (exact) mass is 347 g/mol. The van der Waals surface area contributed by atoms with Crippen molar-refractivity contribution in [2.24, 2.45) is 0 Å². The number of benzene rings is 1. The lowest BCUT2D eigenvalue weighted by Gasteiger charge is -2.32. The second kappa shape index (κ2) is 7.39. The molecule has 0 aliphatic carbocycles. The molecule has 2 N–H and O–H groups in total. The highest BCUT2D eigenvalue weighted by atomic mass is 16.2. The van der Waals surface area contributed by atoms with Gasteiger partial charge in [0.25, 0.3) is 5.91 Å². The molecule has 0 atom stereocenters. The van der Waals surface area contributed by atoms with Gasteiger partial charge in [-0.05, 0) is 42.7 Å².